The lowest BCUT2D eigenvalue weighted by molar-refractivity contribution is 0.190. The zero-order chi connectivity index (χ0) is 16.3. The van der Waals surface area contributed by atoms with Gasteiger partial charge in [0.2, 0.25) is 5.95 Å². The van der Waals surface area contributed by atoms with Crippen molar-refractivity contribution in [1.82, 2.24) is 18.7 Å². The molecule has 2 rings (SSSR count). The highest BCUT2D eigenvalue weighted by Gasteiger charge is 2.19. The number of hydrogen-bond donors (Lipinski definition) is 1. The molecule has 2 heterocycles. The van der Waals surface area contributed by atoms with Crippen LogP contribution in [0, 0.1) is 0 Å². The topological polar surface area (TPSA) is 83.1 Å². The van der Waals surface area contributed by atoms with Crippen molar-refractivity contribution in [2.45, 2.75) is 33.4 Å². The van der Waals surface area contributed by atoms with E-state index in [0.29, 0.717) is 49.8 Å². The summed E-state index contributed by atoms with van der Waals surface area (Å²) in [5.41, 5.74) is 0.221. The fourth-order valence-corrected chi connectivity index (χ4v) is 2.53. The Labute approximate surface area is 128 Å². The molecule has 22 heavy (non-hydrogen) atoms. The minimum absolute atomic E-state index is 0.318. The molecule has 8 nitrogen and oxygen atoms in total. The Bertz CT molecular complexity index is 771. The van der Waals surface area contributed by atoms with Crippen LogP contribution in [0.2, 0.25) is 0 Å². The van der Waals surface area contributed by atoms with Gasteiger partial charge in [-0.2, -0.15) is 4.98 Å². The van der Waals surface area contributed by atoms with Gasteiger partial charge in [-0.05, 0) is 20.3 Å². The Kier molecular flexibility index (Phi) is 5.02. The van der Waals surface area contributed by atoms with Crippen molar-refractivity contribution in [3.63, 3.8) is 0 Å². The molecule has 0 radical (unpaired) electrons. The van der Waals surface area contributed by atoms with Crippen molar-refractivity contribution in [3.05, 3.63) is 20.8 Å². The highest BCUT2D eigenvalue weighted by atomic mass is 16.5. The molecule has 0 atom stereocenters. The van der Waals surface area contributed by atoms with Crippen molar-refractivity contribution in [3.8, 4) is 0 Å². The zero-order valence-corrected chi connectivity index (χ0v) is 13.5. The van der Waals surface area contributed by atoms with Gasteiger partial charge in [0.15, 0.2) is 11.2 Å². The van der Waals surface area contributed by atoms with E-state index in [1.165, 1.54) is 7.05 Å². The van der Waals surface area contributed by atoms with Gasteiger partial charge in [0.1, 0.15) is 0 Å². The Morgan fingerprint density at radius 2 is 1.95 bits per heavy atom. The van der Waals surface area contributed by atoms with Gasteiger partial charge in [-0.15, -0.1) is 0 Å². The van der Waals surface area contributed by atoms with Gasteiger partial charge in [-0.1, -0.05) is 0 Å². The molecule has 0 bridgehead atoms. The van der Waals surface area contributed by atoms with Gasteiger partial charge in [-0.25, -0.2) is 4.79 Å². The highest BCUT2D eigenvalue weighted by molar-refractivity contribution is 5.74. The van der Waals surface area contributed by atoms with E-state index in [-0.39, 0.29) is 11.2 Å². The molecule has 122 valence electrons. The third-order valence-electron chi connectivity index (χ3n) is 3.61. The van der Waals surface area contributed by atoms with Crippen molar-refractivity contribution < 1.29 is 4.74 Å². The summed E-state index contributed by atoms with van der Waals surface area (Å²) in [7, 11) is 3.12. The SMILES string of the molecule is CCNc1nc2c(c(=O)n(C)c(=O)n2CCCOC)n1CC. The lowest BCUT2D eigenvalue weighted by Crippen LogP contribution is -2.39. The van der Waals surface area contributed by atoms with Crippen LogP contribution < -0.4 is 16.6 Å². The van der Waals surface area contributed by atoms with Gasteiger partial charge < -0.3 is 14.6 Å². The number of hydrogen-bond acceptors (Lipinski definition) is 5. The van der Waals surface area contributed by atoms with Crippen LogP contribution in [-0.2, 0) is 24.9 Å². The lowest BCUT2D eigenvalue weighted by atomic mass is 10.4. The molecule has 8 heteroatoms. The number of nitrogens with zero attached hydrogens (tertiary/aromatic N) is 4. The Morgan fingerprint density at radius 1 is 1.23 bits per heavy atom. The molecule has 0 spiro atoms. The van der Waals surface area contributed by atoms with Crippen molar-refractivity contribution in [1.29, 1.82) is 0 Å². The maximum absolute atomic E-state index is 12.5. The predicted molar refractivity (Wildman–Crippen MR) is 85.6 cm³/mol. The first-order valence-corrected chi connectivity index (χ1v) is 7.49. The molecular formula is C14H23N5O3. The van der Waals surface area contributed by atoms with Crippen molar-refractivity contribution in [2.75, 3.05) is 25.6 Å². The summed E-state index contributed by atoms with van der Waals surface area (Å²) in [6.07, 6.45) is 0.680. The normalized spacial score (nSPS) is 11.3. The number of aromatic nitrogens is 4. The fourth-order valence-electron chi connectivity index (χ4n) is 2.53. The van der Waals surface area contributed by atoms with Crippen LogP contribution in [0.25, 0.3) is 11.2 Å². The van der Waals surface area contributed by atoms with Crippen LogP contribution in [-0.4, -0.2) is 38.9 Å². The molecule has 0 saturated heterocycles. The molecule has 0 unspecified atom stereocenters. The summed E-state index contributed by atoms with van der Waals surface area (Å²) in [5.74, 6) is 0.614. The van der Waals surface area contributed by atoms with Crippen LogP contribution in [0.15, 0.2) is 9.59 Å². The summed E-state index contributed by atoms with van der Waals surface area (Å²) in [4.78, 5) is 29.3. The quantitative estimate of drug-likeness (QED) is 0.748. The maximum Gasteiger partial charge on any atom is 0.332 e. The summed E-state index contributed by atoms with van der Waals surface area (Å²) >= 11 is 0. The molecule has 0 fully saturated rings. The molecule has 0 aliphatic rings. The second-order valence-corrected chi connectivity index (χ2v) is 5.03. The third kappa shape index (κ3) is 2.66. The number of rotatable bonds is 7. The molecule has 0 amide bonds. The number of methoxy groups -OCH3 is 1. The number of imidazole rings is 1. The van der Waals surface area contributed by atoms with E-state index in [1.54, 1.807) is 11.7 Å². The van der Waals surface area contributed by atoms with Gasteiger partial charge in [-0.3, -0.25) is 13.9 Å². The largest absolute Gasteiger partial charge is 0.385 e. The summed E-state index contributed by atoms with van der Waals surface area (Å²) < 4.78 is 9.53. The van der Waals surface area contributed by atoms with E-state index in [4.69, 9.17) is 4.74 Å². The Balaban J connectivity index is 2.73. The van der Waals surface area contributed by atoms with E-state index in [9.17, 15) is 9.59 Å². The third-order valence-corrected chi connectivity index (χ3v) is 3.61. The molecule has 0 aliphatic carbocycles. The van der Waals surface area contributed by atoms with E-state index < -0.39 is 0 Å². The summed E-state index contributed by atoms with van der Waals surface area (Å²) in [6, 6.07) is 0. The number of anilines is 1. The average molecular weight is 309 g/mol. The van der Waals surface area contributed by atoms with Gasteiger partial charge in [0, 0.05) is 40.4 Å². The molecule has 0 saturated carbocycles. The highest BCUT2D eigenvalue weighted by Crippen LogP contribution is 2.15. The van der Waals surface area contributed by atoms with Gasteiger partial charge in [0.25, 0.3) is 5.56 Å². The molecule has 2 aromatic rings. The van der Waals surface area contributed by atoms with E-state index in [0.717, 1.165) is 4.57 Å². The van der Waals surface area contributed by atoms with Gasteiger partial charge >= 0.3 is 5.69 Å². The monoisotopic (exact) mass is 309 g/mol. The maximum atomic E-state index is 12.5. The molecule has 1 N–H and O–H groups in total. The van der Waals surface area contributed by atoms with Crippen LogP contribution in [0.4, 0.5) is 5.95 Å². The summed E-state index contributed by atoms with van der Waals surface area (Å²) in [5, 5.41) is 3.14. The van der Waals surface area contributed by atoms with Crippen molar-refractivity contribution >= 4 is 17.1 Å². The van der Waals surface area contributed by atoms with Crippen LogP contribution in [0.1, 0.15) is 20.3 Å². The second-order valence-electron chi connectivity index (χ2n) is 5.03. The smallest absolute Gasteiger partial charge is 0.332 e. The Hall–Kier alpha value is -2.09. The predicted octanol–water partition coefficient (Wildman–Crippen LogP) is 0.385. The minimum atomic E-state index is -0.350. The Morgan fingerprint density at radius 3 is 2.55 bits per heavy atom. The number of fused-ring (bicyclic) bond motifs is 1. The zero-order valence-electron chi connectivity index (χ0n) is 13.5. The lowest BCUT2D eigenvalue weighted by Gasteiger charge is -2.09. The minimum Gasteiger partial charge on any atom is -0.385 e. The average Bonchev–Trinajstić information content (AvgIpc) is 2.87. The molecule has 0 aliphatic heterocycles. The van der Waals surface area contributed by atoms with Crippen LogP contribution in [0.5, 0.6) is 0 Å². The van der Waals surface area contributed by atoms with Gasteiger partial charge in [0.05, 0.1) is 0 Å². The van der Waals surface area contributed by atoms with Crippen molar-refractivity contribution in [2.24, 2.45) is 7.05 Å². The number of nitrogens with one attached hydrogen (secondary N) is 1. The van der Waals surface area contributed by atoms with Crippen LogP contribution >= 0.6 is 0 Å². The van der Waals surface area contributed by atoms with E-state index in [1.807, 2.05) is 18.4 Å². The first kappa shape index (κ1) is 16.3. The van der Waals surface area contributed by atoms with E-state index >= 15 is 0 Å². The molecule has 0 aromatic carbocycles. The molecular weight excluding hydrogens is 286 g/mol. The van der Waals surface area contributed by atoms with E-state index in [2.05, 4.69) is 10.3 Å². The standard InChI is InChI=1S/C14H23N5O3/c1-5-15-13-16-11-10(18(13)6-2)12(20)17(3)14(21)19(11)8-7-9-22-4/h5-9H2,1-4H3,(H,15,16). The molecule has 2 aromatic heterocycles. The van der Waals surface area contributed by atoms with Crippen LogP contribution in [0.3, 0.4) is 0 Å². The summed E-state index contributed by atoms with van der Waals surface area (Å²) in [6.45, 7) is 6.21. The fraction of sp³-hybridized carbons (Fsp3) is 0.643. The number of aryl methyl sites for hydroxylation is 2. The second kappa shape index (κ2) is 6.78. The number of ether oxygens (including phenoxy) is 1. The first-order chi connectivity index (χ1) is 10.6. The first-order valence-electron chi connectivity index (χ1n) is 7.49.